The lowest BCUT2D eigenvalue weighted by atomic mass is 10.2. The van der Waals surface area contributed by atoms with E-state index >= 15 is 0 Å². The number of aryl methyl sites for hydroxylation is 2. The average molecular weight is 376 g/mol. The second kappa shape index (κ2) is 5.76. The molecule has 6 heteroatoms. The van der Waals surface area contributed by atoms with Gasteiger partial charge in [-0.1, -0.05) is 29.3 Å². The Morgan fingerprint density at radius 1 is 1.10 bits per heavy atom. The third-order valence-electron chi connectivity index (χ3n) is 2.72. The van der Waals surface area contributed by atoms with Gasteiger partial charge in [-0.15, -0.1) is 0 Å². The molecule has 2 aromatic carbocycles. The Labute approximate surface area is 131 Å². The second-order valence-corrected chi connectivity index (χ2v) is 7.19. The summed E-state index contributed by atoms with van der Waals surface area (Å²) in [6.07, 6.45) is 0. The van der Waals surface area contributed by atoms with E-state index in [2.05, 4.69) is 15.9 Å². The fourth-order valence-electron chi connectivity index (χ4n) is 1.57. The van der Waals surface area contributed by atoms with Crippen LogP contribution < -0.4 is 4.18 Å². The van der Waals surface area contributed by atoms with Gasteiger partial charge in [0.25, 0.3) is 0 Å². The number of hydrogen-bond acceptors (Lipinski definition) is 3. The third kappa shape index (κ3) is 3.34. The van der Waals surface area contributed by atoms with Crippen LogP contribution in [0.2, 0.25) is 5.02 Å². The standard InChI is InChI=1S/C14H12BrClO3S/c1-9-3-5-11(6-4-9)20(17,18)19-14-7-10(2)13(16)8-12(14)15/h3-8H,1-2H3. The van der Waals surface area contributed by atoms with Gasteiger partial charge in [0.05, 0.1) is 4.47 Å². The van der Waals surface area contributed by atoms with Crippen molar-refractivity contribution in [2.24, 2.45) is 0 Å². The molecule has 0 N–H and O–H groups in total. The van der Waals surface area contributed by atoms with Crippen LogP contribution in [0.3, 0.4) is 0 Å². The predicted octanol–water partition coefficient (Wildman–Crippen LogP) is 4.49. The minimum Gasteiger partial charge on any atom is -0.378 e. The molecule has 20 heavy (non-hydrogen) atoms. The largest absolute Gasteiger partial charge is 0.378 e. The van der Waals surface area contributed by atoms with Gasteiger partial charge < -0.3 is 4.18 Å². The van der Waals surface area contributed by atoms with Crippen LogP contribution in [0.4, 0.5) is 0 Å². The first-order chi connectivity index (χ1) is 9.29. The molecule has 0 aliphatic carbocycles. The highest BCUT2D eigenvalue weighted by Crippen LogP contribution is 2.32. The summed E-state index contributed by atoms with van der Waals surface area (Å²) in [7, 11) is -3.86. The Morgan fingerprint density at radius 3 is 2.30 bits per heavy atom. The minimum atomic E-state index is -3.86. The summed E-state index contributed by atoms with van der Waals surface area (Å²) in [4.78, 5) is 0.114. The van der Waals surface area contributed by atoms with E-state index in [-0.39, 0.29) is 10.6 Å². The molecule has 0 amide bonds. The average Bonchev–Trinajstić information content (AvgIpc) is 2.36. The molecule has 0 heterocycles. The Bertz CT molecular complexity index is 740. The molecule has 0 spiro atoms. The zero-order valence-electron chi connectivity index (χ0n) is 10.9. The quantitative estimate of drug-likeness (QED) is 0.743. The van der Waals surface area contributed by atoms with Crippen molar-refractivity contribution in [3.8, 4) is 5.75 Å². The van der Waals surface area contributed by atoms with Crippen LogP contribution >= 0.6 is 27.5 Å². The topological polar surface area (TPSA) is 43.4 Å². The Balaban J connectivity index is 2.38. The van der Waals surface area contributed by atoms with E-state index in [0.29, 0.717) is 9.50 Å². The zero-order chi connectivity index (χ0) is 14.9. The molecule has 0 aliphatic heterocycles. The van der Waals surface area contributed by atoms with E-state index in [4.69, 9.17) is 15.8 Å². The van der Waals surface area contributed by atoms with Crippen molar-refractivity contribution in [2.75, 3.05) is 0 Å². The second-order valence-electron chi connectivity index (χ2n) is 4.38. The first kappa shape index (κ1) is 15.4. The van der Waals surface area contributed by atoms with Crippen molar-refractivity contribution in [3.05, 3.63) is 57.0 Å². The monoisotopic (exact) mass is 374 g/mol. The Kier molecular flexibility index (Phi) is 4.42. The van der Waals surface area contributed by atoms with Crippen LogP contribution in [-0.4, -0.2) is 8.42 Å². The zero-order valence-corrected chi connectivity index (χ0v) is 14.0. The molecule has 2 rings (SSSR count). The van der Waals surface area contributed by atoms with Gasteiger partial charge in [0, 0.05) is 5.02 Å². The summed E-state index contributed by atoms with van der Waals surface area (Å²) in [6, 6.07) is 9.66. The highest BCUT2D eigenvalue weighted by atomic mass is 79.9. The molecule has 0 unspecified atom stereocenters. The summed E-state index contributed by atoms with van der Waals surface area (Å²) in [5.74, 6) is 0.215. The van der Waals surface area contributed by atoms with Gasteiger partial charge in [-0.2, -0.15) is 8.42 Å². The van der Waals surface area contributed by atoms with E-state index in [0.717, 1.165) is 11.1 Å². The highest BCUT2D eigenvalue weighted by Gasteiger charge is 2.18. The minimum absolute atomic E-state index is 0.114. The smallest absolute Gasteiger partial charge is 0.339 e. The van der Waals surface area contributed by atoms with E-state index in [1.54, 1.807) is 31.2 Å². The van der Waals surface area contributed by atoms with Crippen LogP contribution in [0.5, 0.6) is 5.75 Å². The number of rotatable bonds is 3. The predicted molar refractivity (Wildman–Crippen MR) is 82.9 cm³/mol. The lowest BCUT2D eigenvalue weighted by molar-refractivity contribution is 0.484. The van der Waals surface area contributed by atoms with Crippen LogP contribution in [0.25, 0.3) is 0 Å². The first-order valence-corrected chi connectivity index (χ1v) is 8.34. The molecule has 3 nitrogen and oxygen atoms in total. The molecule has 0 bridgehead atoms. The molecule has 0 saturated heterocycles. The maximum atomic E-state index is 12.2. The normalized spacial score (nSPS) is 11.4. The Hall–Kier alpha value is -1.04. The number of hydrogen-bond donors (Lipinski definition) is 0. The van der Waals surface area contributed by atoms with Gasteiger partial charge >= 0.3 is 10.1 Å². The molecule has 0 fully saturated rings. The number of halogens is 2. The van der Waals surface area contributed by atoms with E-state index in [9.17, 15) is 8.42 Å². The van der Waals surface area contributed by atoms with E-state index in [1.807, 2.05) is 6.92 Å². The summed E-state index contributed by atoms with van der Waals surface area (Å²) in [5.41, 5.74) is 1.72. The van der Waals surface area contributed by atoms with E-state index < -0.39 is 10.1 Å². The van der Waals surface area contributed by atoms with Crippen LogP contribution in [0, 0.1) is 13.8 Å². The summed E-state index contributed by atoms with van der Waals surface area (Å²) in [6.45, 7) is 3.66. The van der Waals surface area contributed by atoms with E-state index in [1.165, 1.54) is 12.1 Å². The van der Waals surface area contributed by atoms with Crippen molar-refractivity contribution in [2.45, 2.75) is 18.7 Å². The van der Waals surface area contributed by atoms with Crippen molar-refractivity contribution in [1.29, 1.82) is 0 Å². The molecule has 0 aromatic heterocycles. The summed E-state index contributed by atoms with van der Waals surface area (Å²) < 4.78 is 30.0. The molecule has 2 aromatic rings. The lowest BCUT2D eigenvalue weighted by Gasteiger charge is -2.10. The van der Waals surface area contributed by atoms with Gasteiger partial charge in [-0.25, -0.2) is 0 Å². The van der Waals surface area contributed by atoms with Crippen molar-refractivity contribution in [3.63, 3.8) is 0 Å². The first-order valence-electron chi connectivity index (χ1n) is 5.76. The molecule has 0 radical (unpaired) electrons. The molecule has 106 valence electrons. The maximum absolute atomic E-state index is 12.2. The summed E-state index contributed by atoms with van der Waals surface area (Å²) >= 11 is 9.20. The third-order valence-corrected chi connectivity index (χ3v) is 5.00. The SMILES string of the molecule is Cc1ccc(S(=O)(=O)Oc2cc(C)c(Cl)cc2Br)cc1. The maximum Gasteiger partial charge on any atom is 0.339 e. The fraction of sp³-hybridized carbons (Fsp3) is 0.143. The van der Waals surface area contributed by atoms with Crippen LogP contribution in [0.15, 0.2) is 45.8 Å². The van der Waals surface area contributed by atoms with Crippen LogP contribution in [0.1, 0.15) is 11.1 Å². The molecule has 0 saturated carbocycles. The van der Waals surface area contributed by atoms with Gasteiger partial charge in [0.15, 0.2) is 5.75 Å². The molecule has 0 atom stereocenters. The fourth-order valence-corrected chi connectivity index (χ4v) is 3.33. The Morgan fingerprint density at radius 2 is 1.70 bits per heavy atom. The van der Waals surface area contributed by atoms with Gasteiger partial charge in [0.2, 0.25) is 0 Å². The number of benzene rings is 2. The van der Waals surface area contributed by atoms with Crippen LogP contribution in [-0.2, 0) is 10.1 Å². The van der Waals surface area contributed by atoms with Crippen molar-refractivity contribution in [1.82, 2.24) is 0 Å². The summed E-state index contributed by atoms with van der Waals surface area (Å²) in [5, 5.41) is 0.539. The van der Waals surface area contributed by atoms with Gasteiger partial charge in [0.1, 0.15) is 4.90 Å². The lowest BCUT2D eigenvalue weighted by Crippen LogP contribution is -2.10. The van der Waals surface area contributed by atoms with Crippen molar-refractivity contribution >= 4 is 37.6 Å². The molecular formula is C14H12BrClO3S. The molecular weight excluding hydrogens is 364 g/mol. The molecule has 0 aliphatic rings. The van der Waals surface area contributed by atoms with Gasteiger partial charge in [-0.3, -0.25) is 0 Å². The highest BCUT2D eigenvalue weighted by molar-refractivity contribution is 9.10. The van der Waals surface area contributed by atoms with Crippen molar-refractivity contribution < 1.29 is 12.6 Å². The van der Waals surface area contributed by atoms with Gasteiger partial charge in [-0.05, 0) is 59.6 Å².